The van der Waals surface area contributed by atoms with Crippen molar-refractivity contribution < 1.29 is 26.7 Å². The van der Waals surface area contributed by atoms with Crippen molar-refractivity contribution in [2.24, 2.45) is 0 Å². The Kier molecular flexibility index (Phi) is 6.86. The molecule has 1 N–H and O–H groups in total. The lowest BCUT2D eigenvalue weighted by molar-refractivity contribution is -0.137. The number of piperazine rings is 1. The number of carbonyl (C=O) groups excluding carboxylic acids is 1. The first-order valence-corrected chi connectivity index (χ1v) is 13.0. The van der Waals surface area contributed by atoms with Crippen LogP contribution in [0.4, 0.5) is 27.8 Å². The second-order valence-electron chi connectivity index (χ2n) is 11.3. The van der Waals surface area contributed by atoms with Gasteiger partial charge in [-0.3, -0.25) is 4.79 Å². The van der Waals surface area contributed by atoms with Crippen LogP contribution in [0.15, 0.2) is 24.5 Å². The summed E-state index contributed by atoms with van der Waals surface area (Å²) in [6.07, 6.45) is -2.71. The molecule has 3 heterocycles. The Bertz CT molecular complexity index is 1210. The zero-order chi connectivity index (χ0) is 27.4. The Hall–Kier alpha value is -2.82. The first-order chi connectivity index (χ1) is 17.9. The molecule has 3 aliphatic rings. The number of anilines is 1. The molecule has 1 amide bonds. The van der Waals surface area contributed by atoms with Crippen molar-refractivity contribution in [1.29, 1.82) is 0 Å². The minimum atomic E-state index is -4.68. The molecule has 0 radical (unpaired) electrons. The number of carbonyl (C=O) groups is 1. The van der Waals surface area contributed by atoms with Crippen LogP contribution >= 0.6 is 0 Å². The molecular formula is C27H32F5N5O. The van der Waals surface area contributed by atoms with E-state index in [0.29, 0.717) is 56.6 Å². The van der Waals surface area contributed by atoms with Crippen molar-refractivity contribution in [3.05, 3.63) is 52.7 Å². The highest BCUT2D eigenvalue weighted by molar-refractivity contribution is 5.85. The summed E-state index contributed by atoms with van der Waals surface area (Å²) in [7, 11) is 0. The number of amides is 1. The van der Waals surface area contributed by atoms with Gasteiger partial charge in [-0.05, 0) is 51.2 Å². The van der Waals surface area contributed by atoms with Crippen LogP contribution in [0.1, 0.15) is 80.4 Å². The fraction of sp³-hybridized carbons (Fsp3) is 0.593. The zero-order valence-electron chi connectivity index (χ0n) is 21.7. The standard InChI is InChI=1S/C27H32F5N5O/c1-15-12-19(29)23-21(15)24(34-14-33-23)36-8-10-37(11-9-36)25(38)22(20-6-7-26(2,3)35-20)17-5-4-16(13-18(17)28)27(30,31)32/h4-5,13-15,19-20,22,35H,6-12H2,1-3H3/t15-,19+,20-,22+/m1/s1. The average Bonchev–Trinajstić information content (AvgIpc) is 3.37. The smallest absolute Gasteiger partial charge is 0.353 e. The van der Waals surface area contributed by atoms with Gasteiger partial charge >= 0.3 is 6.18 Å². The molecule has 0 spiro atoms. The molecular weight excluding hydrogens is 505 g/mol. The molecule has 0 bridgehead atoms. The van der Waals surface area contributed by atoms with E-state index in [2.05, 4.69) is 15.3 Å². The average molecular weight is 538 g/mol. The van der Waals surface area contributed by atoms with Crippen molar-refractivity contribution in [1.82, 2.24) is 20.2 Å². The van der Waals surface area contributed by atoms with Crippen LogP contribution in [0.2, 0.25) is 0 Å². The number of halogens is 5. The Morgan fingerprint density at radius 3 is 2.47 bits per heavy atom. The Balaban J connectivity index is 1.38. The maximum absolute atomic E-state index is 15.1. The van der Waals surface area contributed by atoms with E-state index in [4.69, 9.17) is 0 Å². The lowest BCUT2D eigenvalue weighted by atomic mass is 9.87. The van der Waals surface area contributed by atoms with Crippen LogP contribution < -0.4 is 10.2 Å². The third-order valence-corrected chi connectivity index (χ3v) is 8.12. The molecule has 1 aromatic heterocycles. The Morgan fingerprint density at radius 2 is 1.87 bits per heavy atom. The van der Waals surface area contributed by atoms with Gasteiger partial charge in [0.15, 0.2) is 0 Å². The molecule has 0 unspecified atom stereocenters. The summed E-state index contributed by atoms with van der Waals surface area (Å²) in [6.45, 7) is 7.48. The van der Waals surface area contributed by atoms with E-state index < -0.39 is 35.7 Å². The molecule has 6 nitrogen and oxygen atoms in total. The number of fused-ring (bicyclic) bond motifs is 1. The zero-order valence-corrected chi connectivity index (χ0v) is 21.7. The van der Waals surface area contributed by atoms with E-state index in [0.717, 1.165) is 24.1 Å². The highest BCUT2D eigenvalue weighted by Crippen LogP contribution is 2.45. The predicted octanol–water partition coefficient (Wildman–Crippen LogP) is 5.12. The third kappa shape index (κ3) is 4.97. The van der Waals surface area contributed by atoms with Crippen molar-refractivity contribution in [2.75, 3.05) is 31.1 Å². The molecule has 0 saturated carbocycles. The van der Waals surface area contributed by atoms with Crippen molar-refractivity contribution in [2.45, 2.75) is 75.8 Å². The van der Waals surface area contributed by atoms with Crippen molar-refractivity contribution >= 4 is 11.7 Å². The first kappa shape index (κ1) is 26.8. The van der Waals surface area contributed by atoms with E-state index in [-0.39, 0.29) is 22.9 Å². The van der Waals surface area contributed by atoms with Gasteiger partial charge in [-0.15, -0.1) is 0 Å². The van der Waals surface area contributed by atoms with E-state index in [1.54, 1.807) is 4.90 Å². The minimum absolute atomic E-state index is 0.0142. The molecule has 4 atom stereocenters. The Labute approximate surface area is 218 Å². The van der Waals surface area contributed by atoms with Gasteiger partial charge in [0.05, 0.1) is 17.2 Å². The van der Waals surface area contributed by atoms with Crippen LogP contribution in [0.5, 0.6) is 0 Å². The second kappa shape index (κ2) is 9.73. The number of benzene rings is 1. The van der Waals surface area contributed by atoms with Crippen LogP contribution in [-0.4, -0.2) is 58.5 Å². The molecule has 2 saturated heterocycles. The summed E-state index contributed by atoms with van der Waals surface area (Å²) >= 11 is 0. The molecule has 2 aliphatic heterocycles. The summed E-state index contributed by atoms with van der Waals surface area (Å²) in [5.41, 5.74) is -0.157. The molecule has 1 aromatic carbocycles. The fourth-order valence-electron chi connectivity index (χ4n) is 6.14. The number of nitrogens with zero attached hydrogens (tertiary/aromatic N) is 4. The van der Waals surface area contributed by atoms with Gasteiger partial charge < -0.3 is 15.1 Å². The van der Waals surface area contributed by atoms with Crippen LogP contribution in [0.25, 0.3) is 0 Å². The quantitative estimate of drug-likeness (QED) is 0.549. The third-order valence-electron chi connectivity index (χ3n) is 8.12. The number of hydrogen-bond donors (Lipinski definition) is 1. The number of rotatable bonds is 4. The van der Waals surface area contributed by atoms with E-state index in [1.807, 2.05) is 25.7 Å². The normalized spacial score (nSPS) is 25.9. The molecule has 38 heavy (non-hydrogen) atoms. The van der Waals surface area contributed by atoms with Gasteiger partial charge in [0.25, 0.3) is 0 Å². The lowest BCUT2D eigenvalue weighted by Crippen LogP contribution is -2.53. The van der Waals surface area contributed by atoms with Gasteiger partial charge in [-0.1, -0.05) is 13.0 Å². The van der Waals surface area contributed by atoms with Crippen LogP contribution in [-0.2, 0) is 11.0 Å². The fourth-order valence-corrected chi connectivity index (χ4v) is 6.14. The van der Waals surface area contributed by atoms with Gasteiger partial charge in [-0.2, -0.15) is 13.2 Å². The summed E-state index contributed by atoms with van der Waals surface area (Å²) in [5.74, 6) is -1.64. The number of alkyl halides is 4. The largest absolute Gasteiger partial charge is 0.416 e. The van der Waals surface area contributed by atoms with E-state index >= 15 is 4.39 Å². The molecule has 2 fully saturated rings. The van der Waals surface area contributed by atoms with Gasteiger partial charge in [0, 0.05) is 48.9 Å². The number of aromatic nitrogens is 2. The monoisotopic (exact) mass is 537 g/mol. The highest BCUT2D eigenvalue weighted by Gasteiger charge is 2.43. The van der Waals surface area contributed by atoms with Crippen LogP contribution in [0.3, 0.4) is 0 Å². The SMILES string of the molecule is C[C@@H]1C[C@H](F)c2ncnc(N3CCN(C(=O)[C@@H](c4ccc(C(F)(F)F)cc4F)[C@H]4CCC(C)(C)N4)CC3)c21. The molecule has 1 aliphatic carbocycles. The van der Waals surface area contributed by atoms with Crippen molar-refractivity contribution in [3.63, 3.8) is 0 Å². The molecule has 11 heteroatoms. The van der Waals surface area contributed by atoms with Gasteiger partial charge in [0.2, 0.25) is 5.91 Å². The highest BCUT2D eigenvalue weighted by atomic mass is 19.4. The number of nitrogens with one attached hydrogen (secondary N) is 1. The van der Waals surface area contributed by atoms with Crippen molar-refractivity contribution in [3.8, 4) is 0 Å². The first-order valence-electron chi connectivity index (χ1n) is 13.0. The maximum Gasteiger partial charge on any atom is 0.416 e. The van der Waals surface area contributed by atoms with Gasteiger partial charge in [-0.25, -0.2) is 18.7 Å². The number of hydrogen-bond acceptors (Lipinski definition) is 5. The van der Waals surface area contributed by atoms with E-state index in [1.165, 1.54) is 6.33 Å². The molecule has 2 aromatic rings. The minimum Gasteiger partial charge on any atom is -0.353 e. The molecule has 5 rings (SSSR count). The summed E-state index contributed by atoms with van der Waals surface area (Å²) < 4.78 is 69.0. The topological polar surface area (TPSA) is 61.4 Å². The van der Waals surface area contributed by atoms with Crippen LogP contribution in [0, 0.1) is 5.82 Å². The molecule has 206 valence electrons. The van der Waals surface area contributed by atoms with E-state index in [9.17, 15) is 22.4 Å². The summed E-state index contributed by atoms with van der Waals surface area (Å²) in [4.78, 5) is 26.1. The summed E-state index contributed by atoms with van der Waals surface area (Å²) in [6, 6.07) is 2.01. The summed E-state index contributed by atoms with van der Waals surface area (Å²) in [5, 5.41) is 3.39. The predicted molar refractivity (Wildman–Crippen MR) is 132 cm³/mol. The lowest BCUT2D eigenvalue weighted by Gasteiger charge is -2.39. The maximum atomic E-state index is 15.1. The Morgan fingerprint density at radius 1 is 1.16 bits per heavy atom. The van der Waals surface area contributed by atoms with Gasteiger partial charge in [0.1, 0.15) is 24.1 Å². The second-order valence-corrected chi connectivity index (χ2v) is 11.3.